The minimum absolute atomic E-state index is 0.254. The van der Waals surface area contributed by atoms with E-state index < -0.39 is 0 Å². The van der Waals surface area contributed by atoms with Crippen molar-refractivity contribution in [3.63, 3.8) is 0 Å². The van der Waals surface area contributed by atoms with Gasteiger partial charge in [0.1, 0.15) is 18.0 Å². The molecule has 0 bridgehead atoms. The van der Waals surface area contributed by atoms with Gasteiger partial charge in [-0.05, 0) is 13.3 Å². The summed E-state index contributed by atoms with van der Waals surface area (Å²) in [6.07, 6.45) is 2.33. The molecular formula is C11H20N4O. The number of nitrogens with two attached hydrogens (primary N) is 1. The molecule has 1 unspecified atom stereocenters. The number of hydrogen-bond acceptors (Lipinski definition) is 5. The summed E-state index contributed by atoms with van der Waals surface area (Å²) in [4.78, 5) is 10.4. The Labute approximate surface area is 96.6 Å². The van der Waals surface area contributed by atoms with Crippen molar-refractivity contribution in [2.45, 2.75) is 26.3 Å². The lowest BCUT2D eigenvalue weighted by molar-refractivity contribution is 0.183. The molecule has 5 heteroatoms. The maximum atomic E-state index is 5.83. The van der Waals surface area contributed by atoms with E-state index in [1.807, 2.05) is 14.0 Å². The Hall–Kier alpha value is -1.36. The predicted molar refractivity (Wildman–Crippen MR) is 65.6 cm³/mol. The number of likely N-dealkylation sites (N-methyl/N-ethyl adjacent to an activating group) is 1. The number of hydrogen-bond donors (Lipinski definition) is 1. The third-order valence-corrected chi connectivity index (χ3v) is 2.71. The van der Waals surface area contributed by atoms with Crippen LogP contribution < -0.4 is 10.6 Å². The summed E-state index contributed by atoms with van der Waals surface area (Å²) in [6, 6.07) is 0.254. The van der Waals surface area contributed by atoms with Gasteiger partial charge in [-0.2, -0.15) is 0 Å². The van der Waals surface area contributed by atoms with Crippen molar-refractivity contribution in [2.75, 3.05) is 31.4 Å². The van der Waals surface area contributed by atoms with Crippen LogP contribution in [0.2, 0.25) is 0 Å². The molecular weight excluding hydrogens is 204 g/mol. The first-order valence-electron chi connectivity index (χ1n) is 5.42. The number of nitrogen functional groups attached to an aromatic ring is 1. The molecule has 0 aliphatic heterocycles. The number of rotatable bonds is 5. The smallest absolute Gasteiger partial charge is 0.137 e. The zero-order valence-corrected chi connectivity index (χ0v) is 10.4. The lowest BCUT2D eigenvalue weighted by Crippen LogP contribution is -2.34. The maximum Gasteiger partial charge on any atom is 0.137 e. The van der Waals surface area contributed by atoms with E-state index in [0.717, 1.165) is 17.8 Å². The van der Waals surface area contributed by atoms with Crippen molar-refractivity contribution in [1.82, 2.24) is 9.97 Å². The minimum atomic E-state index is 0.254. The van der Waals surface area contributed by atoms with Crippen molar-refractivity contribution in [1.29, 1.82) is 0 Å². The highest BCUT2D eigenvalue weighted by Crippen LogP contribution is 2.22. The molecule has 16 heavy (non-hydrogen) atoms. The average molecular weight is 224 g/mol. The maximum absolute atomic E-state index is 5.83. The van der Waals surface area contributed by atoms with Gasteiger partial charge in [0.25, 0.3) is 0 Å². The van der Waals surface area contributed by atoms with Crippen LogP contribution in [0.5, 0.6) is 0 Å². The summed E-state index contributed by atoms with van der Waals surface area (Å²) < 4.78 is 5.13. The highest BCUT2D eigenvalue weighted by atomic mass is 16.5. The lowest BCUT2D eigenvalue weighted by atomic mass is 10.2. The van der Waals surface area contributed by atoms with E-state index in [-0.39, 0.29) is 6.04 Å². The van der Waals surface area contributed by atoms with Crippen LogP contribution >= 0.6 is 0 Å². The van der Waals surface area contributed by atoms with Crippen LogP contribution in [0.3, 0.4) is 0 Å². The normalized spacial score (nSPS) is 12.5. The third kappa shape index (κ3) is 2.61. The summed E-state index contributed by atoms with van der Waals surface area (Å²) in [6.45, 7) is 4.79. The van der Waals surface area contributed by atoms with Gasteiger partial charge in [-0.3, -0.25) is 0 Å². The van der Waals surface area contributed by atoms with Crippen LogP contribution in [-0.2, 0) is 11.2 Å². The topological polar surface area (TPSA) is 64.3 Å². The number of ether oxygens (including phenoxy) is 1. The van der Waals surface area contributed by atoms with Crippen molar-refractivity contribution in [2.24, 2.45) is 0 Å². The molecule has 0 aliphatic rings. The molecule has 90 valence electrons. The van der Waals surface area contributed by atoms with Gasteiger partial charge in [0.2, 0.25) is 0 Å². The molecule has 0 fully saturated rings. The molecule has 2 N–H and O–H groups in total. The summed E-state index contributed by atoms with van der Waals surface area (Å²) in [5, 5.41) is 0. The Balaban J connectivity index is 2.98. The molecule has 0 amide bonds. The number of nitrogens with zero attached hydrogens (tertiary/aromatic N) is 3. The van der Waals surface area contributed by atoms with Crippen LogP contribution in [0.1, 0.15) is 19.4 Å². The van der Waals surface area contributed by atoms with Crippen LogP contribution in [-0.4, -0.2) is 36.8 Å². The minimum Gasteiger partial charge on any atom is -0.383 e. The Morgan fingerprint density at radius 1 is 1.50 bits per heavy atom. The fourth-order valence-electron chi connectivity index (χ4n) is 1.62. The van der Waals surface area contributed by atoms with Crippen LogP contribution in [0.4, 0.5) is 11.6 Å². The van der Waals surface area contributed by atoms with Crippen molar-refractivity contribution >= 4 is 11.6 Å². The number of aromatic nitrogens is 2. The lowest BCUT2D eigenvalue weighted by Gasteiger charge is -2.27. The molecule has 5 nitrogen and oxygen atoms in total. The van der Waals surface area contributed by atoms with Gasteiger partial charge < -0.3 is 15.4 Å². The highest BCUT2D eigenvalue weighted by Gasteiger charge is 2.16. The third-order valence-electron chi connectivity index (χ3n) is 2.71. The predicted octanol–water partition coefficient (Wildman–Crippen LogP) is 1.09. The summed E-state index contributed by atoms with van der Waals surface area (Å²) in [5.74, 6) is 1.45. The molecule has 0 spiro atoms. The summed E-state index contributed by atoms with van der Waals surface area (Å²) in [7, 11) is 3.68. The Morgan fingerprint density at radius 2 is 2.19 bits per heavy atom. The van der Waals surface area contributed by atoms with Crippen LogP contribution in [0.25, 0.3) is 0 Å². The summed E-state index contributed by atoms with van der Waals surface area (Å²) >= 11 is 0. The van der Waals surface area contributed by atoms with E-state index in [9.17, 15) is 0 Å². The first-order valence-corrected chi connectivity index (χ1v) is 5.42. The van der Waals surface area contributed by atoms with E-state index >= 15 is 0 Å². The first-order chi connectivity index (χ1) is 7.61. The quantitative estimate of drug-likeness (QED) is 0.811. The van der Waals surface area contributed by atoms with Gasteiger partial charge in [0.05, 0.1) is 12.6 Å². The van der Waals surface area contributed by atoms with Gasteiger partial charge in [0.15, 0.2) is 0 Å². The molecule has 0 radical (unpaired) electrons. The number of methoxy groups -OCH3 is 1. The second kappa shape index (κ2) is 5.65. The highest BCUT2D eigenvalue weighted by molar-refractivity contribution is 5.56. The molecule has 1 atom stereocenters. The van der Waals surface area contributed by atoms with Crippen molar-refractivity contribution in [3.8, 4) is 0 Å². The number of anilines is 2. The zero-order valence-electron chi connectivity index (χ0n) is 10.4. The fraction of sp³-hybridized carbons (Fsp3) is 0.636. The second-order valence-electron chi connectivity index (χ2n) is 3.83. The molecule has 0 aliphatic carbocycles. The molecule has 0 saturated carbocycles. The van der Waals surface area contributed by atoms with Crippen molar-refractivity contribution < 1.29 is 4.74 Å². The SMILES string of the molecule is CCc1c(N)ncnc1N(C)C(C)COC. The van der Waals surface area contributed by atoms with Gasteiger partial charge in [-0.15, -0.1) is 0 Å². The van der Waals surface area contributed by atoms with E-state index in [1.54, 1.807) is 7.11 Å². The molecule has 1 aromatic rings. The Bertz CT molecular complexity index is 343. The van der Waals surface area contributed by atoms with Gasteiger partial charge in [0, 0.05) is 19.7 Å². The van der Waals surface area contributed by atoms with Gasteiger partial charge in [-0.25, -0.2) is 9.97 Å². The summed E-state index contributed by atoms with van der Waals surface area (Å²) in [5.41, 5.74) is 6.83. The standard InChI is InChI=1S/C11H20N4O/c1-5-9-10(12)13-7-14-11(9)15(3)8(2)6-16-4/h7-8H,5-6H2,1-4H3,(H2,12,13,14). The van der Waals surface area contributed by atoms with E-state index in [0.29, 0.717) is 12.4 Å². The molecule has 1 heterocycles. The fourth-order valence-corrected chi connectivity index (χ4v) is 1.62. The molecule has 1 rings (SSSR count). The van der Waals surface area contributed by atoms with Crippen LogP contribution in [0.15, 0.2) is 6.33 Å². The van der Waals surface area contributed by atoms with Crippen molar-refractivity contribution in [3.05, 3.63) is 11.9 Å². The van der Waals surface area contributed by atoms with Gasteiger partial charge in [-0.1, -0.05) is 6.92 Å². The monoisotopic (exact) mass is 224 g/mol. The average Bonchev–Trinajstić information content (AvgIpc) is 2.28. The largest absolute Gasteiger partial charge is 0.383 e. The van der Waals surface area contributed by atoms with Gasteiger partial charge >= 0.3 is 0 Å². The van der Waals surface area contributed by atoms with E-state index in [2.05, 4.69) is 21.8 Å². The molecule has 1 aromatic heterocycles. The molecule has 0 aromatic carbocycles. The molecule has 0 saturated heterocycles. The Kier molecular flexibility index (Phi) is 4.49. The van der Waals surface area contributed by atoms with E-state index in [1.165, 1.54) is 6.33 Å². The zero-order chi connectivity index (χ0) is 12.1. The second-order valence-corrected chi connectivity index (χ2v) is 3.83. The van der Waals surface area contributed by atoms with E-state index in [4.69, 9.17) is 10.5 Å². The Morgan fingerprint density at radius 3 is 2.75 bits per heavy atom. The first kappa shape index (κ1) is 12.7. The van der Waals surface area contributed by atoms with Crippen LogP contribution in [0, 0.1) is 0 Å².